The van der Waals surface area contributed by atoms with Crippen molar-refractivity contribution >= 4 is 15.7 Å². The van der Waals surface area contributed by atoms with Crippen molar-refractivity contribution in [1.82, 2.24) is 15.5 Å². The van der Waals surface area contributed by atoms with Gasteiger partial charge in [0.2, 0.25) is 0 Å². The van der Waals surface area contributed by atoms with Gasteiger partial charge in [0.25, 0.3) is 10.0 Å². The van der Waals surface area contributed by atoms with E-state index in [2.05, 4.69) is 10.5 Å². The lowest BCUT2D eigenvalue weighted by molar-refractivity contribution is 0.301. The van der Waals surface area contributed by atoms with Crippen molar-refractivity contribution in [2.75, 3.05) is 23.9 Å². The largest absolute Gasteiger partial charge is 0.489 e. The van der Waals surface area contributed by atoms with Crippen molar-refractivity contribution < 1.29 is 17.7 Å². The van der Waals surface area contributed by atoms with Crippen LogP contribution in [0.4, 0.5) is 5.69 Å². The second kappa shape index (κ2) is 10.4. The summed E-state index contributed by atoms with van der Waals surface area (Å²) in [5, 5.41) is 7.30. The van der Waals surface area contributed by atoms with Crippen LogP contribution in [0, 0.1) is 26.7 Å². The lowest BCUT2D eigenvalue weighted by atomic mass is 10.0. The van der Waals surface area contributed by atoms with Gasteiger partial charge in [-0.05, 0) is 76.1 Å². The average molecular weight is 499 g/mol. The van der Waals surface area contributed by atoms with Crippen LogP contribution < -0.4 is 14.4 Å². The fourth-order valence-electron chi connectivity index (χ4n) is 4.33. The molecule has 1 aliphatic rings. The van der Waals surface area contributed by atoms with Crippen molar-refractivity contribution in [2.24, 2.45) is 5.92 Å². The summed E-state index contributed by atoms with van der Waals surface area (Å²) in [4.78, 5) is 5.00. The molecular formula is C26H34N4O4S. The summed E-state index contributed by atoms with van der Waals surface area (Å²) in [6.07, 6.45) is 1.05. The zero-order chi connectivity index (χ0) is 25.2. The number of benzene rings is 1. The van der Waals surface area contributed by atoms with Crippen molar-refractivity contribution in [3.63, 3.8) is 0 Å². The lowest BCUT2D eigenvalue weighted by Crippen LogP contribution is -2.35. The number of hydrogen-bond donors (Lipinski definition) is 1. The number of rotatable bonds is 9. The first-order valence-corrected chi connectivity index (χ1v) is 13.5. The first-order chi connectivity index (χ1) is 16.7. The Bertz CT molecular complexity index is 1240. The molecule has 1 N–H and O–H groups in total. The van der Waals surface area contributed by atoms with E-state index in [9.17, 15) is 8.42 Å². The fourth-order valence-corrected chi connectivity index (χ4v) is 6.01. The van der Waals surface area contributed by atoms with Crippen molar-refractivity contribution in [1.29, 1.82) is 0 Å². The van der Waals surface area contributed by atoms with Crippen LogP contribution in [0.3, 0.4) is 0 Å². The third-order valence-corrected chi connectivity index (χ3v) is 8.13. The number of anilines is 1. The van der Waals surface area contributed by atoms with E-state index in [1.54, 1.807) is 24.3 Å². The van der Waals surface area contributed by atoms with Gasteiger partial charge >= 0.3 is 0 Å². The van der Waals surface area contributed by atoms with Gasteiger partial charge in [0.1, 0.15) is 18.1 Å². The summed E-state index contributed by atoms with van der Waals surface area (Å²) in [6.45, 7) is 12.2. The molecule has 1 aliphatic heterocycles. The van der Waals surface area contributed by atoms with Gasteiger partial charge in [0, 0.05) is 24.7 Å². The highest BCUT2D eigenvalue weighted by atomic mass is 32.2. The number of hydrogen-bond acceptors (Lipinski definition) is 7. The molecule has 1 aromatic carbocycles. The molecule has 1 saturated heterocycles. The topological polar surface area (TPSA) is 97.6 Å². The first kappa shape index (κ1) is 25.2. The van der Waals surface area contributed by atoms with Crippen LogP contribution >= 0.6 is 0 Å². The van der Waals surface area contributed by atoms with E-state index in [0.29, 0.717) is 36.3 Å². The molecule has 4 rings (SSSR count). The van der Waals surface area contributed by atoms with Crippen molar-refractivity contribution in [3.8, 4) is 5.75 Å². The second-order valence-corrected chi connectivity index (χ2v) is 11.4. The highest BCUT2D eigenvalue weighted by Crippen LogP contribution is 2.30. The van der Waals surface area contributed by atoms with Crippen LogP contribution in [-0.2, 0) is 16.6 Å². The van der Waals surface area contributed by atoms with Crippen LogP contribution in [0.1, 0.15) is 54.6 Å². The van der Waals surface area contributed by atoms with E-state index in [-0.39, 0.29) is 10.8 Å². The maximum Gasteiger partial charge on any atom is 0.264 e. The number of nitrogens with one attached hydrogen (secondary N) is 1. The highest BCUT2D eigenvalue weighted by Gasteiger charge is 2.28. The van der Waals surface area contributed by atoms with Gasteiger partial charge < -0.3 is 14.6 Å². The van der Waals surface area contributed by atoms with Gasteiger partial charge in [-0.2, -0.15) is 0 Å². The monoisotopic (exact) mass is 498 g/mol. The summed E-state index contributed by atoms with van der Waals surface area (Å²) in [5.74, 6) is 1.80. The predicted molar refractivity (Wildman–Crippen MR) is 135 cm³/mol. The summed E-state index contributed by atoms with van der Waals surface area (Å²) < 4.78 is 40.0. The van der Waals surface area contributed by atoms with Gasteiger partial charge in [-0.15, -0.1) is 0 Å². The average Bonchev–Trinajstić information content (AvgIpc) is 3.47. The van der Waals surface area contributed by atoms with Gasteiger partial charge in [-0.25, -0.2) is 8.42 Å². The molecule has 8 nitrogen and oxygen atoms in total. The molecule has 9 heteroatoms. The van der Waals surface area contributed by atoms with Crippen molar-refractivity contribution in [3.05, 3.63) is 64.8 Å². The summed E-state index contributed by atoms with van der Waals surface area (Å²) in [6, 6.07) is 10.4. The third-order valence-electron chi connectivity index (χ3n) is 6.33. The highest BCUT2D eigenvalue weighted by molar-refractivity contribution is 7.92. The number of aryl methyl sites for hydroxylation is 3. The lowest BCUT2D eigenvalue weighted by Gasteiger charge is -2.28. The molecular weight excluding hydrogens is 464 g/mol. The molecule has 0 aliphatic carbocycles. The minimum Gasteiger partial charge on any atom is -0.489 e. The van der Waals surface area contributed by atoms with Crippen LogP contribution in [0.15, 0.2) is 45.8 Å². The van der Waals surface area contributed by atoms with Gasteiger partial charge in [-0.3, -0.25) is 9.29 Å². The Morgan fingerprint density at radius 3 is 2.43 bits per heavy atom. The molecule has 3 aromatic rings. The maximum absolute atomic E-state index is 13.7. The fraction of sp³-hybridized carbons (Fsp3) is 0.462. The minimum atomic E-state index is -3.79. The van der Waals surface area contributed by atoms with Gasteiger partial charge in [-0.1, -0.05) is 19.0 Å². The second-order valence-electron chi connectivity index (χ2n) is 9.52. The Morgan fingerprint density at radius 1 is 1.11 bits per heavy atom. The summed E-state index contributed by atoms with van der Waals surface area (Å²) in [7, 11) is -3.79. The van der Waals surface area contributed by atoms with Crippen LogP contribution in [0.25, 0.3) is 0 Å². The number of sulfonamides is 1. The van der Waals surface area contributed by atoms with Crippen LogP contribution in [0.5, 0.6) is 5.75 Å². The van der Waals surface area contributed by atoms with Gasteiger partial charge in [0.15, 0.2) is 0 Å². The Balaban J connectivity index is 1.57. The Kier molecular flexibility index (Phi) is 7.47. The third kappa shape index (κ3) is 5.51. The molecule has 1 atom stereocenters. The number of aromatic nitrogens is 2. The summed E-state index contributed by atoms with van der Waals surface area (Å²) >= 11 is 0. The van der Waals surface area contributed by atoms with E-state index in [0.717, 1.165) is 42.2 Å². The van der Waals surface area contributed by atoms with Gasteiger partial charge in [0.05, 0.1) is 27.5 Å². The number of ether oxygens (including phenoxy) is 1. The van der Waals surface area contributed by atoms with Crippen LogP contribution in [0.2, 0.25) is 0 Å². The Labute approximate surface area is 207 Å². The molecule has 0 amide bonds. The molecule has 1 fully saturated rings. The Hall–Kier alpha value is -2.91. The van der Waals surface area contributed by atoms with Crippen molar-refractivity contribution in [2.45, 2.75) is 58.5 Å². The predicted octanol–water partition coefficient (Wildman–Crippen LogP) is 4.50. The standard InChI is InChI=1S/C26H34N4O4S/c1-17(2)15-30(26-11-10-25(28-19(26)4)21-12-13-27-14-21)35(31,32)23-8-6-22(7-9-23)33-16-24-18(3)29-34-20(24)5/h6-11,17,21,27H,12-16H2,1-5H3. The SMILES string of the molecule is Cc1nc(C2CCNC2)ccc1N(CC(C)C)S(=O)(=O)c1ccc(OCc2c(C)noc2C)cc1. The zero-order valence-corrected chi connectivity index (χ0v) is 21.9. The molecule has 1 unspecified atom stereocenters. The molecule has 35 heavy (non-hydrogen) atoms. The number of nitrogens with zero attached hydrogens (tertiary/aromatic N) is 3. The Morgan fingerprint density at radius 2 is 1.86 bits per heavy atom. The van der Waals surface area contributed by atoms with E-state index < -0.39 is 10.0 Å². The van der Waals surface area contributed by atoms with E-state index in [1.165, 1.54) is 4.31 Å². The normalized spacial score (nSPS) is 16.1. The maximum atomic E-state index is 13.7. The molecule has 0 radical (unpaired) electrons. The molecule has 0 spiro atoms. The molecule has 0 saturated carbocycles. The minimum absolute atomic E-state index is 0.139. The smallest absolute Gasteiger partial charge is 0.264 e. The van der Waals surface area contributed by atoms with E-state index in [4.69, 9.17) is 14.2 Å². The quantitative estimate of drug-likeness (QED) is 0.464. The first-order valence-electron chi connectivity index (χ1n) is 12.0. The van der Waals surface area contributed by atoms with Crippen LogP contribution in [-0.4, -0.2) is 38.2 Å². The van der Waals surface area contributed by atoms with E-state index >= 15 is 0 Å². The number of pyridine rings is 1. The molecule has 2 aromatic heterocycles. The molecule has 0 bridgehead atoms. The zero-order valence-electron chi connectivity index (χ0n) is 21.0. The molecule has 188 valence electrons. The van der Waals surface area contributed by atoms with E-state index in [1.807, 2.05) is 46.8 Å². The molecule has 3 heterocycles. The summed E-state index contributed by atoms with van der Waals surface area (Å²) in [5.41, 5.74) is 4.03.